The molecule has 1 aliphatic heterocycles. The normalized spacial score (nSPS) is 13.1. The summed E-state index contributed by atoms with van der Waals surface area (Å²) in [4.78, 5) is 4.36. The van der Waals surface area contributed by atoms with E-state index in [-0.39, 0.29) is 0 Å². The number of nitrogens with one attached hydrogen (secondary N) is 1. The molecule has 0 atom stereocenters. The van der Waals surface area contributed by atoms with Crippen molar-refractivity contribution < 1.29 is 9.47 Å². The Morgan fingerprint density at radius 1 is 1.14 bits per heavy atom. The minimum atomic E-state index is 0.507. The first-order valence-corrected chi connectivity index (χ1v) is 6.81. The number of fused-ring (bicyclic) bond motifs is 1. The number of pyridine rings is 1. The van der Waals surface area contributed by atoms with Crippen LogP contribution in [0.15, 0.2) is 30.3 Å². The third-order valence-corrected chi connectivity index (χ3v) is 3.17. The number of hydrogen-bond donors (Lipinski definition) is 1. The number of nitriles is 1. The van der Waals surface area contributed by atoms with Gasteiger partial charge in [0.05, 0.1) is 18.8 Å². The molecule has 0 radical (unpaired) electrons. The first kappa shape index (κ1) is 13.3. The van der Waals surface area contributed by atoms with E-state index < -0.39 is 0 Å². The van der Waals surface area contributed by atoms with E-state index in [1.807, 2.05) is 31.2 Å². The SMILES string of the molecule is Cc1ccc(C#N)c(Nc2ccc3c(c2)OCCCO3)n1. The molecule has 21 heavy (non-hydrogen) atoms. The van der Waals surface area contributed by atoms with E-state index in [0.717, 1.165) is 23.6 Å². The summed E-state index contributed by atoms with van der Waals surface area (Å²) < 4.78 is 11.3. The number of hydrogen-bond acceptors (Lipinski definition) is 5. The smallest absolute Gasteiger partial charge is 0.163 e. The van der Waals surface area contributed by atoms with Gasteiger partial charge in [-0.05, 0) is 31.2 Å². The highest BCUT2D eigenvalue weighted by atomic mass is 16.5. The molecule has 3 rings (SSSR count). The maximum atomic E-state index is 9.14. The number of anilines is 2. The lowest BCUT2D eigenvalue weighted by Crippen LogP contribution is -1.99. The second-order valence-electron chi connectivity index (χ2n) is 4.80. The first-order valence-electron chi connectivity index (χ1n) is 6.81. The highest BCUT2D eigenvalue weighted by Gasteiger charge is 2.12. The number of benzene rings is 1. The van der Waals surface area contributed by atoms with Crippen molar-refractivity contribution in [2.45, 2.75) is 13.3 Å². The van der Waals surface area contributed by atoms with Crippen LogP contribution >= 0.6 is 0 Å². The van der Waals surface area contributed by atoms with Crippen LogP contribution in [0.1, 0.15) is 17.7 Å². The molecule has 0 spiro atoms. The van der Waals surface area contributed by atoms with Crippen molar-refractivity contribution in [3.8, 4) is 17.6 Å². The first-order chi connectivity index (χ1) is 10.3. The van der Waals surface area contributed by atoms with Crippen molar-refractivity contribution in [2.75, 3.05) is 18.5 Å². The highest BCUT2D eigenvalue weighted by molar-refractivity contribution is 5.65. The van der Waals surface area contributed by atoms with Crippen LogP contribution in [-0.4, -0.2) is 18.2 Å². The van der Waals surface area contributed by atoms with Crippen LogP contribution in [0.5, 0.6) is 11.5 Å². The Hall–Kier alpha value is -2.74. The van der Waals surface area contributed by atoms with Crippen LogP contribution in [0.4, 0.5) is 11.5 Å². The van der Waals surface area contributed by atoms with Crippen LogP contribution in [0, 0.1) is 18.3 Å². The zero-order chi connectivity index (χ0) is 14.7. The standard InChI is InChI=1S/C16H15N3O2/c1-11-3-4-12(10-17)16(18-11)19-13-5-6-14-15(9-13)21-8-2-7-20-14/h3-6,9H,2,7-8H2,1H3,(H,18,19). The van der Waals surface area contributed by atoms with Gasteiger partial charge >= 0.3 is 0 Å². The Morgan fingerprint density at radius 3 is 2.76 bits per heavy atom. The Kier molecular flexibility index (Phi) is 3.61. The van der Waals surface area contributed by atoms with E-state index in [0.29, 0.717) is 30.3 Å². The van der Waals surface area contributed by atoms with Crippen molar-refractivity contribution in [3.05, 3.63) is 41.6 Å². The fraction of sp³-hybridized carbons (Fsp3) is 0.250. The molecule has 0 amide bonds. The molecule has 1 N–H and O–H groups in total. The predicted molar refractivity (Wildman–Crippen MR) is 79.0 cm³/mol. The molecule has 2 aromatic rings. The average molecular weight is 281 g/mol. The molecule has 1 aliphatic rings. The number of nitrogens with zero attached hydrogens (tertiary/aromatic N) is 2. The molecule has 5 nitrogen and oxygen atoms in total. The van der Waals surface area contributed by atoms with Crippen LogP contribution in [0.3, 0.4) is 0 Å². The van der Waals surface area contributed by atoms with Gasteiger partial charge < -0.3 is 14.8 Å². The molecule has 0 saturated heterocycles. The molecule has 0 aliphatic carbocycles. The molecule has 106 valence electrons. The molecule has 0 saturated carbocycles. The summed E-state index contributed by atoms with van der Waals surface area (Å²) in [6, 6.07) is 11.3. The second-order valence-corrected chi connectivity index (χ2v) is 4.80. The van der Waals surface area contributed by atoms with Gasteiger partial charge in [-0.25, -0.2) is 4.98 Å². The summed E-state index contributed by atoms with van der Waals surface area (Å²) >= 11 is 0. The second kappa shape index (κ2) is 5.71. The quantitative estimate of drug-likeness (QED) is 0.915. The molecule has 1 aromatic heterocycles. The van der Waals surface area contributed by atoms with Gasteiger partial charge in [0.25, 0.3) is 0 Å². The fourth-order valence-corrected chi connectivity index (χ4v) is 2.12. The molecule has 1 aromatic carbocycles. The van der Waals surface area contributed by atoms with Gasteiger partial charge in [-0.2, -0.15) is 5.26 Å². The van der Waals surface area contributed by atoms with Crippen LogP contribution in [-0.2, 0) is 0 Å². The minimum Gasteiger partial charge on any atom is -0.490 e. The Balaban J connectivity index is 1.90. The molecular weight excluding hydrogens is 266 g/mol. The summed E-state index contributed by atoms with van der Waals surface area (Å²) in [5, 5.41) is 12.3. The van der Waals surface area contributed by atoms with Crippen LogP contribution in [0.25, 0.3) is 0 Å². The highest BCUT2D eigenvalue weighted by Crippen LogP contribution is 2.33. The van der Waals surface area contributed by atoms with E-state index >= 15 is 0 Å². The van der Waals surface area contributed by atoms with Gasteiger partial charge in [-0.1, -0.05) is 0 Å². The maximum Gasteiger partial charge on any atom is 0.163 e. The van der Waals surface area contributed by atoms with Crippen molar-refractivity contribution >= 4 is 11.5 Å². The fourth-order valence-electron chi connectivity index (χ4n) is 2.12. The van der Waals surface area contributed by atoms with Gasteiger partial charge in [-0.3, -0.25) is 0 Å². The lowest BCUT2D eigenvalue weighted by molar-refractivity contribution is 0.297. The molecule has 0 unspecified atom stereocenters. The molecule has 0 bridgehead atoms. The lowest BCUT2D eigenvalue weighted by atomic mass is 10.2. The molecule has 2 heterocycles. The molecule has 5 heteroatoms. The predicted octanol–water partition coefficient (Wildman–Crippen LogP) is 3.17. The van der Waals surface area contributed by atoms with E-state index in [1.165, 1.54) is 0 Å². The number of rotatable bonds is 2. The number of aryl methyl sites for hydroxylation is 1. The zero-order valence-corrected chi connectivity index (χ0v) is 11.7. The van der Waals surface area contributed by atoms with E-state index in [2.05, 4.69) is 16.4 Å². The Morgan fingerprint density at radius 2 is 1.95 bits per heavy atom. The van der Waals surface area contributed by atoms with E-state index in [9.17, 15) is 0 Å². The van der Waals surface area contributed by atoms with Crippen molar-refractivity contribution in [2.24, 2.45) is 0 Å². The zero-order valence-electron chi connectivity index (χ0n) is 11.7. The average Bonchev–Trinajstić information content (AvgIpc) is 2.72. The lowest BCUT2D eigenvalue weighted by Gasteiger charge is -2.11. The van der Waals surface area contributed by atoms with Crippen LogP contribution < -0.4 is 14.8 Å². The molecule has 0 fully saturated rings. The van der Waals surface area contributed by atoms with Crippen molar-refractivity contribution in [1.29, 1.82) is 5.26 Å². The monoisotopic (exact) mass is 281 g/mol. The summed E-state index contributed by atoms with van der Waals surface area (Å²) in [6.45, 7) is 3.20. The number of aromatic nitrogens is 1. The van der Waals surface area contributed by atoms with Crippen molar-refractivity contribution in [3.63, 3.8) is 0 Å². The summed E-state index contributed by atoms with van der Waals surface area (Å²) in [7, 11) is 0. The van der Waals surface area contributed by atoms with Crippen LogP contribution in [0.2, 0.25) is 0 Å². The van der Waals surface area contributed by atoms with Crippen molar-refractivity contribution in [1.82, 2.24) is 4.98 Å². The Bertz CT molecular complexity index is 707. The third kappa shape index (κ3) is 2.90. The summed E-state index contributed by atoms with van der Waals surface area (Å²) in [6.07, 6.45) is 0.870. The summed E-state index contributed by atoms with van der Waals surface area (Å²) in [5.74, 6) is 2.01. The van der Waals surface area contributed by atoms with Gasteiger partial charge in [-0.15, -0.1) is 0 Å². The van der Waals surface area contributed by atoms with Gasteiger partial charge in [0.15, 0.2) is 11.5 Å². The largest absolute Gasteiger partial charge is 0.490 e. The van der Waals surface area contributed by atoms with Gasteiger partial charge in [0, 0.05) is 23.9 Å². The topological polar surface area (TPSA) is 67.2 Å². The Labute approximate surface area is 123 Å². The maximum absolute atomic E-state index is 9.14. The minimum absolute atomic E-state index is 0.507. The number of ether oxygens (including phenoxy) is 2. The molecular formula is C16H15N3O2. The summed E-state index contributed by atoms with van der Waals surface area (Å²) in [5.41, 5.74) is 2.17. The van der Waals surface area contributed by atoms with E-state index in [1.54, 1.807) is 6.07 Å². The van der Waals surface area contributed by atoms with Gasteiger partial charge in [0.1, 0.15) is 11.9 Å². The van der Waals surface area contributed by atoms with Gasteiger partial charge in [0.2, 0.25) is 0 Å². The van der Waals surface area contributed by atoms with E-state index in [4.69, 9.17) is 14.7 Å². The third-order valence-electron chi connectivity index (χ3n) is 3.17.